The third-order valence-electron chi connectivity index (χ3n) is 3.86. The van der Waals surface area contributed by atoms with Crippen molar-refractivity contribution in [3.05, 3.63) is 29.8 Å². The number of benzene rings is 1. The fourth-order valence-electron chi connectivity index (χ4n) is 2.67. The highest BCUT2D eigenvalue weighted by molar-refractivity contribution is 6.58. The number of nitrogens with zero attached hydrogens (tertiary/aromatic N) is 1. The zero-order valence-corrected chi connectivity index (χ0v) is 14.6. The highest BCUT2D eigenvalue weighted by Crippen LogP contribution is 2.21. The van der Waals surface area contributed by atoms with Crippen molar-refractivity contribution >= 4 is 18.7 Å². The topological polar surface area (TPSA) is 79.2 Å². The maximum Gasteiger partial charge on any atom is 0.488 e. The standard InChI is InChI=1S/C17H26BNO5/c1-17(2,3)24-16(20)19-10-4-5-15(19)12-23-11-13-6-8-14(9-7-13)18(21)22/h6-9,15,21-22H,4-5,10-12H2,1-3H3/t15-/m0/s1. The van der Waals surface area contributed by atoms with Crippen LogP contribution in [0.3, 0.4) is 0 Å². The van der Waals surface area contributed by atoms with Gasteiger partial charge in [-0.05, 0) is 44.6 Å². The summed E-state index contributed by atoms with van der Waals surface area (Å²) in [5, 5.41) is 18.1. The van der Waals surface area contributed by atoms with Gasteiger partial charge in [-0.25, -0.2) is 4.79 Å². The molecule has 0 spiro atoms. The van der Waals surface area contributed by atoms with Crippen molar-refractivity contribution in [2.75, 3.05) is 13.2 Å². The van der Waals surface area contributed by atoms with Crippen LogP contribution in [0.25, 0.3) is 0 Å². The maximum absolute atomic E-state index is 12.2. The number of carbonyl (C=O) groups is 1. The average Bonchev–Trinajstić information content (AvgIpc) is 2.94. The van der Waals surface area contributed by atoms with E-state index in [-0.39, 0.29) is 12.1 Å². The summed E-state index contributed by atoms with van der Waals surface area (Å²) in [4.78, 5) is 14.0. The molecule has 0 aliphatic carbocycles. The predicted octanol–water partition coefficient (Wildman–Crippen LogP) is 1.28. The minimum absolute atomic E-state index is 0.0402. The molecule has 0 saturated carbocycles. The van der Waals surface area contributed by atoms with Crippen molar-refractivity contribution in [2.24, 2.45) is 0 Å². The van der Waals surface area contributed by atoms with Crippen LogP contribution in [0.5, 0.6) is 0 Å². The molecular formula is C17H26BNO5. The summed E-state index contributed by atoms with van der Waals surface area (Å²) in [5.41, 5.74) is 0.899. The van der Waals surface area contributed by atoms with E-state index in [1.165, 1.54) is 0 Å². The van der Waals surface area contributed by atoms with Gasteiger partial charge < -0.3 is 24.4 Å². The van der Waals surface area contributed by atoms with Gasteiger partial charge in [-0.3, -0.25) is 0 Å². The van der Waals surface area contributed by atoms with E-state index in [2.05, 4.69) is 0 Å². The minimum Gasteiger partial charge on any atom is -0.444 e. The van der Waals surface area contributed by atoms with Crippen LogP contribution in [-0.2, 0) is 16.1 Å². The molecule has 132 valence electrons. The van der Waals surface area contributed by atoms with Gasteiger partial charge in [0.25, 0.3) is 0 Å². The first-order valence-electron chi connectivity index (χ1n) is 8.28. The molecule has 1 atom stereocenters. The zero-order chi connectivity index (χ0) is 17.7. The van der Waals surface area contributed by atoms with Crippen LogP contribution in [0.15, 0.2) is 24.3 Å². The van der Waals surface area contributed by atoms with Gasteiger partial charge in [-0.1, -0.05) is 24.3 Å². The lowest BCUT2D eigenvalue weighted by molar-refractivity contribution is 0.00883. The van der Waals surface area contributed by atoms with E-state index >= 15 is 0 Å². The highest BCUT2D eigenvalue weighted by Gasteiger charge is 2.32. The van der Waals surface area contributed by atoms with Gasteiger partial charge in [-0.15, -0.1) is 0 Å². The number of rotatable bonds is 5. The van der Waals surface area contributed by atoms with E-state index in [4.69, 9.17) is 19.5 Å². The molecule has 0 bridgehead atoms. The largest absolute Gasteiger partial charge is 0.488 e. The van der Waals surface area contributed by atoms with Crippen LogP contribution in [0.2, 0.25) is 0 Å². The molecule has 2 N–H and O–H groups in total. The number of hydrogen-bond donors (Lipinski definition) is 2. The Hall–Kier alpha value is -1.57. The van der Waals surface area contributed by atoms with Crippen LogP contribution in [-0.4, -0.2) is 53.0 Å². The smallest absolute Gasteiger partial charge is 0.444 e. The first-order valence-corrected chi connectivity index (χ1v) is 8.28. The van der Waals surface area contributed by atoms with Gasteiger partial charge in [0.1, 0.15) is 5.60 Å². The molecule has 0 aromatic heterocycles. The average molecular weight is 335 g/mol. The van der Waals surface area contributed by atoms with Crippen molar-refractivity contribution < 1.29 is 24.3 Å². The molecule has 1 saturated heterocycles. The van der Waals surface area contributed by atoms with Crippen LogP contribution in [0, 0.1) is 0 Å². The summed E-state index contributed by atoms with van der Waals surface area (Å²) < 4.78 is 11.2. The quantitative estimate of drug-likeness (QED) is 0.793. The second kappa shape index (κ2) is 8.01. The summed E-state index contributed by atoms with van der Waals surface area (Å²) in [6.07, 6.45) is 1.58. The molecule has 6 nitrogen and oxygen atoms in total. The van der Waals surface area contributed by atoms with E-state index in [0.717, 1.165) is 18.4 Å². The normalized spacial score (nSPS) is 17.9. The second-order valence-electron chi connectivity index (χ2n) is 7.10. The third kappa shape index (κ3) is 5.51. The van der Waals surface area contributed by atoms with Gasteiger partial charge in [0.15, 0.2) is 0 Å². The molecule has 1 fully saturated rings. The first-order chi connectivity index (χ1) is 11.3. The Morgan fingerprint density at radius 2 is 1.96 bits per heavy atom. The van der Waals surface area contributed by atoms with E-state index in [1.54, 1.807) is 29.2 Å². The molecule has 1 heterocycles. The fraction of sp³-hybridized carbons (Fsp3) is 0.588. The maximum atomic E-state index is 12.2. The molecule has 1 aliphatic rings. The molecule has 0 radical (unpaired) electrons. The summed E-state index contributed by atoms with van der Waals surface area (Å²) in [7, 11) is -1.46. The molecule has 1 aliphatic heterocycles. The number of likely N-dealkylation sites (tertiary alicyclic amines) is 1. The summed E-state index contributed by atoms with van der Waals surface area (Å²) in [6, 6.07) is 6.96. The van der Waals surface area contributed by atoms with Gasteiger partial charge in [0.2, 0.25) is 0 Å². The van der Waals surface area contributed by atoms with Crippen molar-refractivity contribution in [3.63, 3.8) is 0 Å². The number of carbonyl (C=O) groups excluding carboxylic acids is 1. The molecule has 1 amide bonds. The van der Waals surface area contributed by atoms with Gasteiger partial charge in [-0.2, -0.15) is 0 Å². The Kier molecular flexibility index (Phi) is 6.26. The molecule has 7 heteroatoms. The van der Waals surface area contributed by atoms with Crippen molar-refractivity contribution in [1.82, 2.24) is 4.90 Å². The number of hydrogen-bond acceptors (Lipinski definition) is 5. The Morgan fingerprint density at radius 3 is 2.54 bits per heavy atom. The van der Waals surface area contributed by atoms with E-state index < -0.39 is 12.7 Å². The van der Waals surface area contributed by atoms with Gasteiger partial charge in [0.05, 0.1) is 19.3 Å². The molecule has 1 aromatic rings. The Balaban J connectivity index is 1.81. The van der Waals surface area contributed by atoms with Crippen LogP contribution >= 0.6 is 0 Å². The van der Waals surface area contributed by atoms with Crippen LogP contribution < -0.4 is 5.46 Å². The Bertz CT molecular complexity index is 541. The summed E-state index contributed by atoms with van der Waals surface area (Å²) >= 11 is 0. The molecule has 2 rings (SSSR count). The van der Waals surface area contributed by atoms with E-state index in [1.807, 2.05) is 20.8 Å². The highest BCUT2D eigenvalue weighted by atomic mass is 16.6. The minimum atomic E-state index is -1.46. The number of amides is 1. The molecular weight excluding hydrogens is 309 g/mol. The van der Waals surface area contributed by atoms with Crippen molar-refractivity contribution in [3.8, 4) is 0 Å². The molecule has 0 unspecified atom stereocenters. The van der Waals surface area contributed by atoms with Gasteiger partial charge >= 0.3 is 13.2 Å². The number of ether oxygens (including phenoxy) is 2. The zero-order valence-electron chi connectivity index (χ0n) is 14.6. The van der Waals surface area contributed by atoms with Crippen LogP contribution in [0.4, 0.5) is 4.79 Å². The predicted molar refractivity (Wildman–Crippen MR) is 91.9 cm³/mol. The molecule has 24 heavy (non-hydrogen) atoms. The van der Waals surface area contributed by atoms with E-state index in [0.29, 0.717) is 25.2 Å². The molecule has 1 aromatic carbocycles. The van der Waals surface area contributed by atoms with Crippen molar-refractivity contribution in [1.29, 1.82) is 0 Å². The van der Waals surface area contributed by atoms with Gasteiger partial charge in [0, 0.05) is 6.54 Å². The lowest BCUT2D eigenvalue weighted by atomic mass is 9.80. The fourth-order valence-corrected chi connectivity index (χ4v) is 2.67. The van der Waals surface area contributed by atoms with Crippen molar-refractivity contribution in [2.45, 2.75) is 51.9 Å². The van der Waals surface area contributed by atoms with Crippen LogP contribution in [0.1, 0.15) is 39.2 Å². The lowest BCUT2D eigenvalue weighted by Gasteiger charge is -2.28. The second-order valence-corrected chi connectivity index (χ2v) is 7.10. The SMILES string of the molecule is CC(C)(C)OC(=O)N1CCC[C@H]1COCc1ccc(B(O)O)cc1. The first kappa shape index (κ1) is 18.8. The Labute approximate surface area is 143 Å². The Morgan fingerprint density at radius 1 is 1.29 bits per heavy atom. The summed E-state index contributed by atoms with van der Waals surface area (Å²) in [5.74, 6) is 0. The van der Waals surface area contributed by atoms with E-state index in [9.17, 15) is 4.79 Å². The summed E-state index contributed by atoms with van der Waals surface area (Å²) in [6.45, 7) is 7.16. The monoisotopic (exact) mass is 335 g/mol. The lowest BCUT2D eigenvalue weighted by Crippen LogP contribution is -2.41. The third-order valence-corrected chi connectivity index (χ3v) is 3.86.